The van der Waals surface area contributed by atoms with Crippen LogP contribution in [-0.2, 0) is 16.1 Å². The lowest BCUT2D eigenvalue weighted by atomic mass is 9.98. The number of benzene rings is 1. The van der Waals surface area contributed by atoms with E-state index in [9.17, 15) is 18.3 Å². The second-order valence-electron chi connectivity index (χ2n) is 6.32. The van der Waals surface area contributed by atoms with Crippen LogP contribution in [0.1, 0.15) is 12.0 Å². The Labute approximate surface area is 156 Å². The first-order chi connectivity index (χ1) is 12.2. The van der Waals surface area contributed by atoms with Gasteiger partial charge in [-0.3, -0.25) is 4.99 Å². The van der Waals surface area contributed by atoms with E-state index in [1.165, 1.54) is 0 Å². The fourth-order valence-corrected chi connectivity index (χ4v) is 2.72. The number of rotatable bonds is 5. The molecule has 1 fully saturated rings. The quantitative estimate of drug-likeness (QED) is 0.459. The van der Waals surface area contributed by atoms with Crippen molar-refractivity contribution in [3.8, 4) is 0 Å². The van der Waals surface area contributed by atoms with Crippen molar-refractivity contribution in [2.24, 2.45) is 4.99 Å². The number of aliphatic hydroxyl groups is 1. The Morgan fingerprint density at radius 1 is 1.38 bits per heavy atom. The summed E-state index contributed by atoms with van der Waals surface area (Å²) in [6.07, 6.45) is -9.30. The fraction of sp³-hybridized carbons (Fsp3) is 0.588. The summed E-state index contributed by atoms with van der Waals surface area (Å²) in [4.78, 5) is 5.80. The zero-order valence-corrected chi connectivity index (χ0v) is 15.5. The van der Waals surface area contributed by atoms with E-state index in [-0.39, 0.29) is 19.6 Å². The number of aliphatic hydroxyl groups excluding tert-OH is 1. The number of thiol groups is 1. The predicted octanol–water partition coefficient (Wildman–Crippen LogP) is 2.50. The molecule has 146 valence electrons. The molecule has 9 heteroatoms. The molecule has 1 aromatic carbocycles. The van der Waals surface area contributed by atoms with Crippen LogP contribution in [0.15, 0.2) is 35.3 Å². The molecule has 0 unspecified atom stereocenters. The summed E-state index contributed by atoms with van der Waals surface area (Å²) in [6, 6.07) is 7.93. The molecule has 1 heterocycles. The van der Waals surface area contributed by atoms with Crippen molar-refractivity contribution in [1.29, 1.82) is 0 Å². The van der Waals surface area contributed by atoms with Crippen LogP contribution in [0, 0.1) is 0 Å². The Kier molecular flexibility index (Phi) is 7.33. The summed E-state index contributed by atoms with van der Waals surface area (Å²) >= 11 is 4.16. The molecule has 5 nitrogen and oxygen atoms in total. The molecule has 2 rings (SSSR count). The SMILES string of the molecule is CN(C)/C(S)=N/[C@H]1CO[C@H]([C@H](OCc2ccccc2)C(F)(F)F)C[C@@H]1O. The molecule has 1 saturated heterocycles. The van der Waals surface area contributed by atoms with E-state index in [0.29, 0.717) is 10.7 Å². The van der Waals surface area contributed by atoms with Gasteiger partial charge in [-0.1, -0.05) is 30.3 Å². The van der Waals surface area contributed by atoms with Gasteiger partial charge < -0.3 is 19.5 Å². The third-order valence-electron chi connectivity index (χ3n) is 4.01. The number of halogens is 3. The van der Waals surface area contributed by atoms with Crippen LogP contribution in [-0.4, -0.2) is 66.4 Å². The monoisotopic (exact) mass is 392 g/mol. The molecule has 0 aromatic heterocycles. The summed E-state index contributed by atoms with van der Waals surface area (Å²) in [5.74, 6) is 0. The van der Waals surface area contributed by atoms with E-state index >= 15 is 0 Å². The summed E-state index contributed by atoms with van der Waals surface area (Å²) in [7, 11) is 3.45. The summed E-state index contributed by atoms with van der Waals surface area (Å²) < 4.78 is 50.7. The first-order valence-corrected chi connectivity index (χ1v) is 8.59. The van der Waals surface area contributed by atoms with Crippen molar-refractivity contribution < 1.29 is 27.8 Å². The molecular formula is C17H23F3N2O3S. The Morgan fingerprint density at radius 3 is 2.58 bits per heavy atom. The first kappa shape index (κ1) is 21.0. The highest BCUT2D eigenvalue weighted by atomic mass is 32.1. The van der Waals surface area contributed by atoms with Gasteiger partial charge in [-0.15, -0.1) is 12.6 Å². The van der Waals surface area contributed by atoms with Gasteiger partial charge in [-0.2, -0.15) is 13.2 Å². The first-order valence-electron chi connectivity index (χ1n) is 8.14. The second-order valence-corrected chi connectivity index (χ2v) is 6.72. The topological polar surface area (TPSA) is 54.3 Å². The van der Waals surface area contributed by atoms with Gasteiger partial charge >= 0.3 is 6.18 Å². The number of alkyl halides is 3. The summed E-state index contributed by atoms with van der Waals surface area (Å²) in [5.41, 5.74) is 0.631. The molecule has 0 bridgehead atoms. The molecule has 0 aliphatic carbocycles. The Hall–Kier alpha value is -1.29. The molecule has 0 saturated carbocycles. The average molecular weight is 392 g/mol. The Morgan fingerprint density at radius 2 is 2.04 bits per heavy atom. The lowest BCUT2D eigenvalue weighted by molar-refractivity contribution is -0.265. The lowest BCUT2D eigenvalue weighted by Gasteiger charge is -2.36. The van der Waals surface area contributed by atoms with Gasteiger partial charge in [0.1, 0.15) is 6.04 Å². The maximum atomic E-state index is 13.4. The van der Waals surface area contributed by atoms with Gasteiger partial charge in [0, 0.05) is 20.5 Å². The number of nitrogens with zero attached hydrogens (tertiary/aromatic N) is 2. The van der Waals surface area contributed by atoms with Gasteiger partial charge in [0.25, 0.3) is 0 Å². The predicted molar refractivity (Wildman–Crippen MR) is 95.3 cm³/mol. The van der Waals surface area contributed by atoms with Crippen molar-refractivity contribution in [2.45, 2.75) is 43.6 Å². The van der Waals surface area contributed by atoms with E-state index in [0.717, 1.165) is 0 Å². The molecule has 4 atom stereocenters. The van der Waals surface area contributed by atoms with Crippen LogP contribution >= 0.6 is 12.6 Å². The van der Waals surface area contributed by atoms with Crippen molar-refractivity contribution in [3.63, 3.8) is 0 Å². The maximum absolute atomic E-state index is 13.4. The zero-order valence-electron chi connectivity index (χ0n) is 14.6. The molecule has 1 N–H and O–H groups in total. The number of hydrogen-bond donors (Lipinski definition) is 2. The minimum atomic E-state index is -4.60. The van der Waals surface area contributed by atoms with E-state index in [4.69, 9.17) is 9.47 Å². The van der Waals surface area contributed by atoms with Gasteiger partial charge in [0.15, 0.2) is 11.3 Å². The largest absolute Gasteiger partial charge is 0.417 e. The number of hydrogen-bond acceptors (Lipinski definition) is 4. The van der Waals surface area contributed by atoms with E-state index in [2.05, 4.69) is 17.6 Å². The molecular weight excluding hydrogens is 369 g/mol. The lowest BCUT2D eigenvalue weighted by Crippen LogP contribution is -2.51. The number of aliphatic imine (C=N–C) groups is 1. The van der Waals surface area contributed by atoms with Crippen molar-refractivity contribution >= 4 is 17.8 Å². The average Bonchev–Trinajstić information content (AvgIpc) is 2.57. The van der Waals surface area contributed by atoms with Crippen LogP contribution in [0.5, 0.6) is 0 Å². The Balaban J connectivity index is 2.02. The third kappa shape index (κ3) is 5.87. The number of ether oxygens (including phenoxy) is 2. The van der Waals surface area contributed by atoms with Crippen molar-refractivity contribution in [1.82, 2.24) is 4.90 Å². The van der Waals surface area contributed by atoms with E-state index < -0.39 is 30.5 Å². The highest BCUT2D eigenvalue weighted by molar-refractivity contribution is 7.96. The third-order valence-corrected chi connectivity index (χ3v) is 4.53. The Bertz CT molecular complexity index is 599. The molecule has 1 aromatic rings. The van der Waals surface area contributed by atoms with Gasteiger partial charge in [-0.05, 0) is 5.56 Å². The van der Waals surface area contributed by atoms with Crippen LogP contribution in [0.3, 0.4) is 0 Å². The standard InChI is InChI=1S/C17H23F3N2O3S/c1-22(2)16(26)21-12-10-24-14(8-13(12)23)15(17(18,19)20)25-9-11-6-4-3-5-7-11/h3-7,12-15,23H,8-10H2,1-2H3,(H,21,26)/t12-,13-,14-,15-/m0/s1. The van der Waals surface area contributed by atoms with Crippen LogP contribution < -0.4 is 0 Å². The highest BCUT2D eigenvalue weighted by Crippen LogP contribution is 2.32. The highest BCUT2D eigenvalue weighted by Gasteiger charge is 2.49. The summed E-state index contributed by atoms with van der Waals surface area (Å²) in [5, 5.41) is 10.6. The van der Waals surface area contributed by atoms with Crippen LogP contribution in [0.4, 0.5) is 13.2 Å². The smallest absolute Gasteiger partial charge is 0.391 e. The molecule has 26 heavy (non-hydrogen) atoms. The molecule has 0 spiro atoms. The van der Waals surface area contributed by atoms with Gasteiger partial charge in [-0.25, -0.2) is 0 Å². The molecule has 1 aliphatic rings. The second kappa shape index (κ2) is 9.07. The normalized spacial score (nSPS) is 25.8. The number of amidine groups is 1. The minimum absolute atomic E-state index is 0.134. The summed E-state index contributed by atoms with van der Waals surface area (Å²) in [6.45, 7) is -0.324. The van der Waals surface area contributed by atoms with E-state index in [1.807, 2.05) is 0 Å². The molecule has 1 aliphatic heterocycles. The minimum Gasteiger partial charge on any atom is -0.391 e. The van der Waals surface area contributed by atoms with Gasteiger partial charge in [0.05, 0.1) is 25.4 Å². The van der Waals surface area contributed by atoms with Crippen molar-refractivity contribution in [2.75, 3.05) is 20.7 Å². The van der Waals surface area contributed by atoms with E-state index in [1.54, 1.807) is 49.3 Å². The molecule has 0 radical (unpaired) electrons. The van der Waals surface area contributed by atoms with Crippen molar-refractivity contribution in [3.05, 3.63) is 35.9 Å². The molecule has 0 amide bonds. The zero-order chi connectivity index (χ0) is 19.3. The maximum Gasteiger partial charge on any atom is 0.417 e. The van der Waals surface area contributed by atoms with Crippen LogP contribution in [0.2, 0.25) is 0 Å². The van der Waals surface area contributed by atoms with Crippen LogP contribution in [0.25, 0.3) is 0 Å². The fourth-order valence-electron chi connectivity index (χ4n) is 2.57. The van der Waals surface area contributed by atoms with Gasteiger partial charge in [0.2, 0.25) is 0 Å².